The van der Waals surface area contributed by atoms with Gasteiger partial charge in [-0.3, -0.25) is 14.5 Å². The summed E-state index contributed by atoms with van der Waals surface area (Å²) < 4.78 is 0. The zero-order valence-electron chi connectivity index (χ0n) is 10.5. The number of hydrogen-bond acceptors (Lipinski definition) is 3. The highest BCUT2D eigenvalue weighted by Crippen LogP contribution is 2.07. The lowest BCUT2D eigenvalue weighted by atomic mass is 10.2. The van der Waals surface area contributed by atoms with E-state index in [-0.39, 0.29) is 30.3 Å². The topological polar surface area (TPSA) is 52.7 Å². The summed E-state index contributed by atoms with van der Waals surface area (Å²) in [5.41, 5.74) is 0. The molecule has 18 heavy (non-hydrogen) atoms. The van der Waals surface area contributed by atoms with Gasteiger partial charge in [0.15, 0.2) is 0 Å². The third kappa shape index (κ3) is 3.90. The van der Waals surface area contributed by atoms with E-state index in [0.29, 0.717) is 26.2 Å². The summed E-state index contributed by atoms with van der Waals surface area (Å²) in [5, 5.41) is 2.66. The van der Waals surface area contributed by atoms with Crippen molar-refractivity contribution in [2.75, 3.05) is 38.6 Å². The van der Waals surface area contributed by atoms with E-state index in [1.165, 1.54) is 0 Å². The maximum atomic E-state index is 11.7. The first-order valence-corrected chi connectivity index (χ1v) is 6.42. The number of alkyl halides is 1. The first kappa shape index (κ1) is 14.8. The predicted molar refractivity (Wildman–Crippen MR) is 70.2 cm³/mol. The van der Waals surface area contributed by atoms with E-state index in [1.807, 2.05) is 11.8 Å². The van der Waals surface area contributed by atoms with E-state index in [0.717, 1.165) is 0 Å². The molecule has 0 aromatic carbocycles. The fraction of sp³-hybridized carbons (Fsp3) is 0.667. The average Bonchev–Trinajstić information content (AvgIpc) is 2.43. The van der Waals surface area contributed by atoms with E-state index in [1.54, 1.807) is 4.90 Å². The summed E-state index contributed by atoms with van der Waals surface area (Å²) >= 11 is 5.50. The van der Waals surface area contributed by atoms with Crippen LogP contribution < -0.4 is 5.32 Å². The molecule has 0 aromatic heterocycles. The number of rotatable bonds is 4. The summed E-state index contributed by atoms with van der Waals surface area (Å²) in [6.45, 7) is 4.65. The number of hydrogen-bond donors (Lipinski definition) is 1. The van der Waals surface area contributed by atoms with Gasteiger partial charge in [0.1, 0.15) is 5.88 Å². The van der Waals surface area contributed by atoms with Crippen LogP contribution in [0.2, 0.25) is 0 Å². The number of carbonyl (C=O) groups is 2. The Hall–Kier alpha value is -1.25. The van der Waals surface area contributed by atoms with Crippen LogP contribution in [0, 0.1) is 12.3 Å². The number of piperazine rings is 1. The molecule has 100 valence electrons. The van der Waals surface area contributed by atoms with E-state index in [9.17, 15) is 9.59 Å². The van der Waals surface area contributed by atoms with Crippen LogP contribution >= 0.6 is 11.6 Å². The molecule has 1 unspecified atom stereocenters. The highest BCUT2D eigenvalue weighted by Gasteiger charge is 2.26. The second-order valence-electron chi connectivity index (χ2n) is 4.15. The molecule has 1 atom stereocenters. The Morgan fingerprint density at radius 3 is 2.50 bits per heavy atom. The molecule has 1 rings (SSSR count). The van der Waals surface area contributed by atoms with Gasteiger partial charge in [0.05, 0.1) is 12.6 Å². The molecule has 0 spiro atoms. The minimum Gasteiger partial charge on any atom is -0.344 e. The van der Waals surface area contributed by atoms with Crippen LogP contribution in [0.25, 0.3) is 0 Å². The Morgan fingerprint density at radius 2 is 2.00 bits per heavy atom. The number of amides is 2. The molecule has 0 radical (unpaired) electrons. The van der Waals surface area contributed by atoms with Crippen molar-refractivity contribution < 1.29 is 9.59 Å². The molecule has 0 aromatic rings. The number of terminal acetylenes is 1. The molecule has 2 amide bonds. The van der Waals surface area contributed by atoms with E-state index in [2.05, 4.69) is 11.2 Å². The Balaban J connectivity index is 2.40. The van der Waals surface area contributed by atoms with Gasteiger partial charge in [-0.25, -0.2) is 0 Å². The van der Waals surface area contributed by atoms with Gasteiger partial charge < -0.3 is 10.2 Å². The summed E-state index contributed by atoms with van der Waals surface area (Å²) in [5.74, 6) is 2.25. The van der Waals surface area contributed by atoms with Crippen LogP contribution in [0.5, 0.6) is 0 Å². The van der Waals surface area contributed by atoms with Crippen LogP contribution in [0.3, 0.4) is 0 Å². The van der Waals surface area contributed by atoms with Crippen molar-refractivity contribution >= 4 is 23.4 Å². The van der Waals surface area contributed by atoms with Crippen molar-refractivity contribution in [1.82, 2.24) is 15.1 Å². The maximum absolute atomic E-state index is 11.7. The molecule has 0 saturated carbocycles. The second-order valence-corrected chi connectivity index (χ2v) is 4.42. The predicted octanol–water partition coefficient (Wildman–Crippen LogP) is -0.493. The van der Waals surface area contributed by atoms with Crippen LogP contribution in [0.1, 0.15) is 6.92 Å². The van der Waals surface area contributed by atoms with Crippen LogP contribution in [-0.4, -0.2) is 66.3 Å². The SMILES string of the molecule is C#CCNC(=O)C(C)N1CCN(C(=O)CCl)CC1. The van der Waals surface area contributed by atoms with Crippen LogP contribution in [0.15, 0.2) is 0 Å². The highest BCUT2D eigenvalue weighted by atomic mass is 35.5. The Kier molecular flexibility index (Phi) is 5.96. The molecule has 1 aliphatic heterocycles. The normalized spacial score (nSPS) is 17.9. The maximum Gasteiger partial charge on any atom is 0.237 e. The minimum atomic E-state index is -0.230. The fourth-order valence-corrected chi connectivity index (χ4v) is 2.06. The van der Waals surface area contributed by atoms with E-state index >= 15 is 0 Å². The van der Waals surface area contributed by atoms with Crippen molar-refractivity contribution in [3.8, 4) is 12.3 Å². The Bertz CT molecular complexity index is 346. The molecule has 1 heterocycles. The van der Waals surface area contributed by atoms with Gasteiger partial charge in [-0.1, -0.05) is 5.92 Å². The summed E-state index contributed by atoms with van der Waals surface area (Å²) in [4.78, 5) is 26.9. The zero-order chi connectivity index (χ0) is 13.5. The summed E-state index contributed by atoms with van der Waals surface area (Å²) in [7, 11) is 0. The molecule has 1 fully saturated rings. The smallest absolute Gasteiger partial charge is 0.237 e. The van der Waals surface area contributed by atoms with Crippen molar-refractivity contribution in [3.63, 3.8) is 0 Å². The van der Waals surface area contributed by atoms with Gasteiger partial charge in [0.25, 0.3) is 0 Å². The third-order valence-corrected chi connectivity index (χ3v) is 3.30. The van der Waals surface area contributed by atoms with Crippen LogP contribution in [-0.2, 0) is 9.59 Å². The van der Waals surface area contributed by atoms with Gasteiger partial charge >= 0.3 is 0 Å². The first-order valence-electron chi connectivity index (χ1n) is 5.89. The molecular formula is C12H18ClN3O2. The molecule has 1 saturated heterocycles. The van der Waals surface area contributed by atoms with Gasteiger partial charge in [-0.05, 0) is 6.92 Å². The standard InChI is InChI=1S/C12H18ClN3O2/c1-3-4-14-12(18)10(2)15-5-7-16(8-6-15)11(17)9-13/h1,10H,4-9H2,2H3,(H,14,18). The van der Waals surface area contributed by atoms with E-state index in [4.69, 9.17) is 18.0 Å². The highest BCUT2D eigenvalue weighted by molar-refractivity contribution is 6.27. The van der Waals surface area contributed by atoms with Gasteiger partial charge in [0, 0.05) is 26.2 Å². The number of halogens is 1. The van der Waals surface area contributed by atoms with E-state index < -0.39 is 0 Å². The third-order valence-electron chi connectivity index (χ3n) is 3.07. The Morgan fingerprint density at radius 1 is 1.39 bits per heavy atom. The van der Waals surface area contributed by atoms with Gasteiger partial charge in [-0.15, -0.1) is 18.0 Å². The lowest BCUT2D eigenvalue weighted by Crippen LogP contribution is -2.55. The van der Waals surface area contributed by atoms with Crippen molar-refractivity contribution in [2.24, 2.45) is 0 Å². The molecular weight excluding hydrogens is 254 g/mol. The first-order chi connectivity index (χ1) is 8.60. The number of nitrogens with one attached hydrogen (secondary N) is 1. The van der Waals surface area contributed by atoms with Crippen molar-refractivity contribution in [3.05, 3.63) is 0 Å². The lowest BCUT2D eigenvalue weighted by Gasteiger charge is -2.37. The molecule has 0 aliphatic carbocycles. The fourth-order valence-electron chi connectivity index (χ4n) is 1.89. The molecule has 1 aliphatic rings. The molecule has 5 nitrogen and oxygen atoms in total. The van der Waals surface area contributed by atoms with Gasteiger partial charge in [0.2, 0.25) is 11.8 Å². The Labute approximate surface area is 112 Å². The summed E-state index contributed by atoms with van der Waals surface area (Å²) in [6, 6.07) is -0.230. The monoisotopic (exact) mass is 271 g/mol. The van der Waals surface area contributed by atoms with Crippen molar-refractivity contribution in [2.45, 2.75) is 13.0 Å². The number of nitrogens with zero attached hydrogens (tertiary/aromatic N) is 2. The molecule has 6 heteroatoms. The minimum absolute atomic E-state index is 0.0121. The quantitative estimate of drug-likeness (QED) is 0.554. The second kappa shape index (κ2) is 7.24. The van der Waals surface area contributed by atoms with Crippen molar-refractivity contribution in [1.29, 1.82) is 0 Å². The molecule has 1 N–H and O–H groups in total. The summed E-state index contributed by atoms with van der Waals surface area (Å²) in [6.07, 6.45) is 5.09. The number of carbonyl (C=O) groups excluding carboxylic acids is 2. The largest absolute Gasteiger partial charge is 0.344 e. The lowest BCUT2D eigenvalue weighted by molar-refractivity contribution is -0.131. The molecule has 0 bridgehead atoms. The zero-order valence-corrected chi connectivity index (χ0v) is 11.2. The van der Waals surface area contributed by atoms with Crippen LogP contribution in [0.4, 0.5) is 0 Å². The average molecular weight is 272 g/mol. The van der Waals surface area contributed by atoms with Gasteiger partial charge in [-0.2, -0.15) is 0 Å².